The first kappa shape index (κ1) is 21.1. The molecule has 1 N–H and O–H groups in total. The number of carbonyl (C=O) groups is 2. The fourth-order valence-corrected chi connectivity index (χ4v) is 2.79. The van der Waals surface area contributed by atoms with Crippen LogP contribution in [-0.2, 0) is 11.3 Å². The molecule has 3 aromatic carbocycles. The van der Waals surface area contributed by atoms with Crippen LogP contribution in [0.5, 0.6) is 5.75 Å². The highest BCUT2D eigenvalue weighted by atomic mass is 35.5. The van der Waals surface area contributed by atoms with Crippen molar-refractivity contribution in [2.45, 2.75) is 6.61 Å². The Morgan fingerprint density at radius 3 is 2.43 bits per heavy atom. The molecule has 3 aromatic rings. The zero-order valence-electron chi connectivity index (χ0n) is 16.2. The third-order valence-corrected chi connectivity index (χ3v) is 4.55. The van der Waals surface area contributed by atoms with Crippen molar-refractivity contribution < 1.29 is 19.1 Å². The quantitative estimate of drug-likeness (QED) is 0.346. The molecule has 1 amide bonds. The van der Waals surface area contributed by atoms with E-state index in [-0.39, 0.29) is 6.61 Å². The van der Waals surface area contributed by atoms with E-state index in [0.29, 0.717) is 27.5 Å². The van der Waals surface area contributed by atoms with Gasteiger partial charge < -0.3 is 9.47 Å². The van der Waals surface area contributed by atoms with Crippen LogP contribution in [0.3, 0.4) is 0 Å². The number of methoxy groups -OCH3 is 1. The van der Waals surface area contributed by atoms with Crippen LogP contribution in [0.15, 0.2) is 77.9 Å². The van der Waals surface area contributed by atoms with Crippen LogP contribution in [0.25, 0.3) is 0 Å². The Balaban J connectivity index is 1.63. The molecule has 0 spiro atoms. The summed E-state index contributed by atoms with van der Waals surface area (Å²) in [7, 11) is 1.32. The largest absolute Gasteiger partial charge is 0.488 e. The maximum atomic E-state index is 12.5. The molecule has 0 fully saturated rings. The van der Waals surface area contributed by atoms with Crippen molar-refractivity contribution in [1.29, 1.82) is 0 Å². The summed E-state index contributed by atoms with van der Waals surface area (Å²) in [6.07, 6.45) is 1.48. The van der Waals surface area contributed by atoms with Gasteiger partial charge in [0.05, 0.1) is 24.5 Å². The maximum absolute atomic E-state index is 12.5. The number of benzene rings is 3. The van der Waals surface area contributed by atoms with Crippen molar-refractivity contribution in [2.75, 3.05) is 7.11 Å². The van der Waals surface area contributed by atoms with Gasteiger partial charge in [-0.3, -0.25) is 4.79 Å². The van der Waals surface area contributed by atoms with E-state index in [1.807, 2.05) is 18.2 Å². The zero-order chi connectivity index (χ0) is 21.3. The number of para-hydroxylation sites is 1. The van der Waals surface area contributed by atoms with Crippen LogP contribution in [0.1, 0.15) is 31.8 Å². The van der Waals surface area contributed by atoms with Crippen LogP contribution >= 0.6 is 11.6 Å². The topological polar surface area (TPSA) is 77.0 Å². The molecule has 0 aliphatic carbocycles. The standard InChI is InChI=1S/C23H19ClN2O4/c1-29-23(28)17-12-10-16(11-13-17)14-25-26-22(27)19-7-3-5-9-21(19)30-15-18-6-2-4-8-20(18)24/h2-14H,15H2,1H3,(H,26,27)/b25-14-. The lowest BCUT2D eigenvalue weighted by atomic mass is 10.1. The second kappa shape index (κ2) is 10.2. The number of nitrogens with one attached hydrogen (secondary N) is 1. The van der Waals surface area contributed by atoms with E-state index in [4.69, 9.17) is 16.3 Å². The molecule has 0 bridgehead atoms. The molecular weight excluding hydrogens is 404 g/mol. The molecule has 3 rings (SSSR count). The Labute approximate surface area is 179 Å². The summed E-state index contributed by atoms with van der Waals surface area (Å²) in [6.45, 7) is 0.236. The first-order valence-corrected chi connectivity index (χ1v) is 9.43. The molecule has 30 heavy (non-hydrogen) atoms. The number of hydrazone groups is 1. The summed E-state index contributed by atoms with van der Waals surface area (Å²) in [5.41, 5.74) is 4.80. The minimum atomic E-state index is -0.416. The lowest BCUT2D eigenvalue weighted by Gasteiger charge is -2.11. The summed E-state index contributed by atoms with van der Waals surface area (Å²) in [5, 5.41) is 4.57. The predicted octanol–water partition coefficient (Wildman–Crippen LogP) is 4.47. The van der Waals surface area contributed by atoms with Gasteiger partial charge in [-0.1, -0.05) is 54.1 Å². The number of rotatable bonds is 7. The monoisotopic (exact) mass is 422 g/mol. The number of hydrogen-bond donors (Lipinski definition) is 1. The minimum Gasteiger partial charge on any atom is -0.488 e. The van der Waals surface area contributed by atoms with Gasteiger partial charge in [0.15, 0.2) is 0 Å². The number of esters is 1. The molecule has 0 aliphatic rings. The summed E-state index contributed by atoms with van der Waals surface area (Å²) < 4.78 is 10.4. The van der Waals surface area contributed by atoms with Crippen LogP contribution in [0.4, 0.5) is 0 Å². The van der Waals surface area contributed by atoms with E-state index >= 15 is 0 Å². The van der Waals surface area contributed by atoms with E-state index in [2.05, 4.69) is 15.3 Å². The van der Waals surface area contributed by atoms with Crippen molar-refractivity contribution in [3.63, 3.8) is 0 Å². The van der Waals surface area contributed by atoms with Gasteiger partial charge in [-0.05, 0) is 35.9 Å². The maximum Gasteiger partial charge on any atom is 0.337 e. The second-order valence-electron chi connectivity index (χ2n) is 6.19. The van der Waals surface area contributed by atoms with Crippen molar-refractivity contribution >= 4 is 29.7 Å². The highest BCUT2D eigenvalue weighted by Crippen LogP contribution is 2.22. The van der Waals surface area contributed by atoms with E-state index in [9.17, 15) is 9.59 Å². The number of carbonyl (C=O) groups excluding carboxylic acids is 2. The van der Waals surface area contributed by atoms with E-state index in [1.54, 1.807) is 54.6 Å². The number of amides is 1. The number of hydrogen-bond acceptors (Lipinski definition) is 5. The SMILES string of the molecule is COC(=O)c1ccc(/C=N\NC(=O)c2ccccc2OCc2ccccc2Cl)cc1. The molecule has 7 heteroatoms. The minimum absolute atomic E-state index is 0.236. The average molecular weight is 423 g/mol. The molecule has 0 saturated heterocycles. The van der Waals surface area contributed by atoms with Gasteiger partial charge in [-0.2, -0.15) is 5.10 Å². The number of nitrogens with zero attached hydrogens (tertiary/aromatic N) is 1. The second-order valence-corrected chi connectivity index (χ2v) is 6.60. The number of halogens is 1. The molecule has 0 saturated carbocycles. The van der Waals surface area contributed by atoms with Crippen molar-refractivity contribution in [3.05, 3.63) is 100 Å². The van der Waals surface area contributed by atoms with Gasteiger partial charge in [0.1, 0.15) is 12.4 Å². The molecular formula is C23H19ClN2O4. The fraction of sp³-hybridized carbons (Fsp3) is 0.0870. The Kier molecular flexibility index (Phi) is 7.19. The van der Waals surface area contributed by atoms with Gasteiger partial charge in [0, 0.05) is 10.6 Å². The zero-order valence-corrected chi connectivity index (χ0v) is 16.9. The summed E-state index contributed by atoms with van der Waals surface area (Å²) in [6, 6.07) is 20.9. The van der Waals surface area contributed by atoms with E-state index in [0.717, 1.165) is 5.56 Å². The lowest BCUT2D eigenvalue weighted by molar-refractivity contribution is 0.0600. The van der Waals surface area contributed by atoms with Crippen LogP contribution in [0, 0.1) is 0 Å². The Morgan fingerprint density at radius 2 is 1.70 bits per heavy atom. The molecule has 0 aliphatic heterocycles. The van der Waals surface area contributed by atoms with Crippen LogP contribution < -0.4 is 10.2 Å². The van der Waals surface area contributed by atoms with Gasteiger partial charge in [0.2, 0.25) is 0 Å². The van der Waals surface area contributed by atoms with Gasteiger partial charge in [-0.15, -0.1) is 0 Å². The smallest absolute Gasteiger partial charge is 0.337 e. The first-order chi connectivity index (χ1) is 14.6. The molecule has 0 radical (unpaired) electrons. The van der Waals surface area contributed by atoms with Gasteiger partial charge in [0.25, 0.3) is 5.91 Å². The van der Waals surface area contributed by atoms with E-state index in [1.165, 1.54) is 13.3 Å². The molecule has 0 atom stereocenters. The molecule has 0 heterocycles. The Bertz CT molecular complexity index is 1060. The normalized spacial score (nSPS) is 10.6. The Morgan fingerprint density at radius 1 is 1.00 bits per heavy atom. The first-order valence-electron chi connectivity index (χ1n) is 9.05. The van der Waals surface area contributed by atoms with Gasteiger partial charge >= 0.3 is 5.97 Å². The van der Waals surface area contributed by atoms with Crippen LogP contribution in [0.2, 0.25) is 5.02 Å². The third-order valence-electron chi connectivity index (χ3n) is 4.18. The molecule has 152 valence electrons. The fourth-order valence-electron chi connectivity index (χ4n) is 2.60. The number of ether oxygens (including phenoxy) is 2. The molecule has 0 aromatic heterocycles. The van der Waals surface area contributed by atoms with E-state index < -0.39 is 11.9 Å². The van der Waals surface area contributed by atoms with Crippen molar-refractivity contribution in [1.82, 2.24) is 5.43 Å². The molecule has 6 nitrogen and oxygen atoms in total. The highest BCUT2D eigenvalue weighted by molar-refractivity contribution is 6.31. The van der Waals surface area contributed by atoms with Crippen LogP contribution in [-0.4, -0.2) is 25.2 Å². The van der Waals surface area contributed by atoms with Crippen molar-refractivity contribution in [2.24, 2.45) is 5.10 Å². The lowest BCUT2D eigenvalue weighted by Crippen LogP contribution is -2.18. The highest BCUT2D eigenvalue weighted by Gasteiger charge is 2.12. The predicted molar refractivity (Wildman–Crippen MR) is 115 cm³/mol. The average Bonchev–Trinajstić information content (AvgIpc) is 2.78. The van der Waals surface area contributed by atoms with Gasteiger partial charge in [-0.25, -0.2) is 10.2 Å². The molecule has 0 unspecified atom stereocenters. The third kappa shape index (κ3) is 5.46. The summed E-state index contributed by atoms with van der Waals surface area (Å²) in [5.74, 6) is -0.403. The summed E-state index contributed by atoms with van der Waals surface area (Å²) in [4.78, 5) is 24.0. The summed E-state index contributed by atoms with van der Waals surface area (Å²) >= 11 is 6.15. The van der Waals surface area contributed by atoms with Crippen molar-refractivity contribution in [3.8, 4) is 5.75 Å². The Hall–Kier alpha value is -3.64.